The van der Waals surface area contributed by atoms with Crippen LogP contribution < -0.4 is 0 Å². The number of hydrogen-bond acceptors (Lipinski definition) is 4. The van der Waals surface area contributed by atoms with Crippen LogP contribution in [0.25, 0.3) is 0 Å². The highest BCUT2D eigenvalue weighted by molar-refractivity contribution is 6.74. The molecule has 0 spiro atoms. The maximum Gasteiger partial charge on any atom is 0.307 e. The molecule has 0 aliphatic heterocycles. The number of esters is 1. The van der Waals surface area contributed by atoms with Gasteiger partial charge in [0.15, 0.2) is 8.32 Å². The summed E-state index contributed by atoms with van der Waals surface area (Å²) in [6.45, 7) is 25.5. The maximum absolute atomic E-state index is 12.6. The van der Waals surface area contributed by atoms with Crippen molar-refractivity contribution in [1.82, 2.24) is 0 Å². The predicted octanol–water partition coefficient (Wildman–Crippen LogP) is 11.7. The van der Waals surface area contributed by atoms with Crippen LogP contribution in [0.5, 0.6) is 0 Å². The zero-order valence-electron chi connectivity index (χ0n) is 31.5. The van der Waals surface area contributed by atoms with E-state index in [4.69, 9.17) is 13.9 Å². The molecule has 0 aromatic heterocycles. The van der Waals surface area contributed by atoms with Gasteiger partial charge in [-0.05, 0) is 135 Å². The fourth-order valence-electron chi connectivity index (χ4n) is 10.2. The normalized spacial score (nSPS) is 34.9. The van der Waals surface area contributed by atoms with Gasteiger partial charge >= 0.3 is 5.97 Å². The molecule has 0 aromatic rings. The van der Waals surface area contributed by atoms with Gasteiger partial charge in [-0.1, -0.05) is 73.5 Å². The smallest absolute Gasteiger partial charge is 0.307 e. The molecule has 5 heteroatoms. The van der Waals surface area contributed by atoms with E-state index in [0.717, 1.165) is 56.5 Å². The molecule has 3 fully saturated rings. The molecule has 0 aromatic carbocycles. The number of hydrogen-bond donors (Lipinski definition) is 0. The van der Waals surface area contributed by atoms with E-state index in [1.807, 2.05) is 0 Å². The standard InChI is InChI=1S/C41H68O4Si/c1-27(2)17-20-36(44-31-15-13-12-14-16-31)28(3)38-37(43-29(4)42)26-35-33-19-18-30-25-32(45-46(10,11)39(5,6)7)21-23-40(30,8)34(33)22-24-41(35,38)9/h18,20,27-28,31-35H,12-17,19,21-26H2,1-11H3/b36-20-/t28-,32+,33-,34+,35+,40+,41+/m1/s1. The molecule has 260 valence electrons. The molecule has 0 heterocycles. The highest BCUT2D eigenvalue weighted by Crippen LogP contribution is 2.67. The Morgan fingerprint density at radius 3 is 2.26 bits per heavy atom. The Morgan fingerprint density at radius 2 is 1.63 bits per heavy atom. The topological polar surface area (TPSA) is 44.8 Å². The number of carbonyl (C=O) groups excluding carboxylic acids is 1. The number of allylic oxidation sites excluding steroid dienone is 4. The van der Waals surface area contributed by atoms with Crippen molar-refractivity contribution in [3.8, 4) is 0 Å². The minimum atomic E-state index is -1.80. The lowest BCUT2D eigenvalue weighted by molar-refractivity contribution is -0.137. The van der Waals surface area contributed by atoms with Crippen LogP contribution in [0, 0.1) is 40.4 Å². The molecule has 0 unspecified atom stereocenters. The van der Waals surface area contributed by atoms with E-state index in [1.54, 1.807) is 12.5 Å². The first-order valence-corrected chi connectivity index (χ1v) is 22.0. The Bertz CT molecular complexity index is 1210. The third kappa shape index (κ3) is 7.03. The van der Waals surface area contributed by atoms with E-state index >= 15 is 0 Å². The molecule has 0 N–H and O–H groups in total. The Hall–Kier alpha value is -1.33. The SMILES string of the molecule is CC(=O)OC1=C([C@H](C)/C(=C/CC(C)C)OC2CCCCC2)[C@@]2(C)CC[C@H]3[C@@H](CC=C4C[C@@H](O[Si](C)(C)C(C)(C)C)CC[C@@]43C)[C@@H]2C1. The van der Waals surface area contributed by atoms with Crippen molar-refractivity contribution >= 4 is 14.3 Å². The maximum atomic E-state index is 12.6. The summed E-state index contributed by atoms with van der Waals surface area (Å²) in [7, 11) is -1.80. The molecular formula is C41H68O4Si. The van der Waals surface area contributed by atoms with Crippen molar-refractivity contribution in [2.45, 2.75) is 176 Å². The average Bonchev–Trinajstić information content (AvgIpc) is 3.25. The molecule has 5 aliphatic carbocycles. The van der Waals surface area contributed by atoms with E-state index in [-0.39, 0.29) is 27.8 Å². The van der Waals surface area contributed by atoms with Crippen molar-refractivity contribution in [1.29, 1.82) is 0 Å². The third-order valence-corrected chi connectivity index (χ3v) is 18.3. The molecule has 46 heavy (non-hydrogen) atoms. The Labute approximate surface area is 283 Å². The van der Waals surface area contributed by atoms with Gasteiger partial charge in [0, 0.05) is 25.4 Å². The fourth-order valence-corrected chi connectivity index (χ4v) is 11.6. The zero-order chi connectivity index (χ0) is 33.7. The van der Waals surface area contributed by atoms with Gasteiger partial charge in [0.25, 0.3) is 0 Å². The van der Waals surface area contributed by atoms with Crippen molar-refractivity contribution in [2.75, 3.05) is 0 Å². The van der Waals surface area contributed by atoms with Crippen LogP contribution >= 0.6 is 0 Å². The Kier molecular flexibility index (Phi) is 10.6. The van der Waals surface area contributed by atoms with Crippen LogP contribution in [-0.4, -0.2) is 26.5 Å². The second kappa shape index (κ2) is 13.5. The van der Waals surface area contributed by atoms with Crippen LogP contribution in [-0.2, 0) is 18.7 Å². The van der Waals surface area contributed by atoms with E-state index in [9.17, 15) is 4.79 Å². The van der Waals surface area contributed by atoms with Crippen molar-refractivity contribution < 1.29 is 18.7 Å². The van der Waals surface area contributed by atoms with E-state index in [2.05, 4.69) is 80.6 Å². The first-order chi connectivity index (χ1) is 21.5. The molecule has 0 bridgehead atoms. The summed E-state index contributed by atoms with van der Waals surface area (Å²) in [5, 5.41) is 0.239. The Balaban J connectivity index is 1.41. The lowest BCUT2D eigenvalue weighted by Crippen LogP contribution is -2.51. The van der Waals surface area contributed by atoms with E-state index in [1.165, 1.54) is 44.1 Å². The summed E-state index contributed by atoms with van der Waals surface area (Å²) in [6.07, 6.45) is 20.8. The first kappa shape index (κ1) is 36.0. The predicted molar refractivity (Wildman–Crippen MR) is 193 cm³/mol. The van der Waals surface area contributed by atoms with Gasteiger partial charge in [-0.25, -0.2) is 0 Å². The third-order valence-electron chi connectivity index (χ3n) is 13.8. The largest absolute Gasteiger partial charge is 0.494 e. The van der Waals surface area contributed by atoms with E-state index < -0.39 is 8.32 Å². The summed E-state index contributed by atoms with van der Waals surface area (Å²) in [5.41, 5.74) is 3.30. The van der Waals surface area contributed by atoms with Crippen molar-refractivity contribution in [3.05, 3.63) is 34.8 Å². The van der Waals surface area contributed by atoms with Gasteiger partial charge in [-0.3, -0.25) is 4.79 Å². The first-order valence-electron chi connectivity index (χ1n) is 19.1. The molecule has 4 nitrogen and oxygen atoms in total. The minimum absolute atomic E-state index is 0.0164. The van der Waals surface area contributed by atoms with Gasteiger partial charge in [-0.15, -0.1) is 0 Å². The van der Waals surface area contributed by atoms with Crippen molar-refractivity contribution in [3.63, 3.8) is 0 Å². The summed E-state index contributed by atoms with van der Waals surface area (Å²) in [6, 6.07) is 0. The van der Waals surface area contributed by atoms with Crippen molar-refractivity contribution in [2.24, 2.45) is 40.4 Å². The summed E-state index contributed by atoms with van der Waals surface area (Å²) < 4.78 is 20.1. The van der Waals surface area contributed by atoms with Gasteiger partial charge in [0.05, 0.1) is 11.9 Å². The van der Waals surface area contributed by atoms with Crippen LogP contribution in [0.1, 0.15) is 146 Å². The molecule has 7 atom stereocenters. The highest BCUT2D eigenvalue weighted by Gasteiger charge is 2.60. The minimum Gasteiger partial charge on any atom is -0.494 e. The lowest BCUT2D eigenvalue weighted by atomic mass is 9.47. The molecule has 0 radical (unpaired) electrons. The number of ether oxygens (including phenoxy) is 2. The molecular weight excluding hydrogens is 585 g/mol. The monoisotopic (exact) mass is 652 g/mol. The second-order valence-electron chi connectivity index (χ2n) is 18.4. The molecule has 5 rings (SSSR count). The second-order valence-corrected chi connectivity index (χ2v) is 23.2. The summed E-state index contributed by atoms with van der Waals surface area (Å²) >= 11 is 0. The van der Waals surface area contributed by atoms with Gasteiger partial charge in [0.2, 0.25) is 0 Å². The Morgan fingerprint density at radius 1 is 0.957 bits per heavy atom. The van der Waals surface area contributed by atoms with Gasteiger partial charge in [0.1, 0.15) is 5.76 Å². The van der Waals surface area contributed by atoms with Gasteiger partial charge in [-0.2, -0.15) is 0 Å². The number of rotatable bonds is 9. The number of carbonyl (C=O) groups is 1. The molecule has 0 amide bonds. The van der Waals surface area contributed by atoms with Crippen LogP contribution in [0.2, 0.25) is 18.1 Å². The lowest BCUT2D eigenvalue weighted by Gasteiger charge is -2.58. The average molecular weight is 653 g/mol. The van der Waals surface area contributed by atoms with Crippen LogP contribution in [0.15, 0.2) is 34.8 Å². The molecule has 5 aliphatic rings. The fraction of sp³-hybridized carbons (Fsp3) is 0.829. The van der Waals surface area contributed by atoms with Crippen LogP contribution in [0.3, 0.4) is 0 Å². The molecule has 0 saturated heterocycles. The highest BCUT2D eigenvalue weighted by atomic mass is 28.4. The van der Waals surface area contributed by atoms with Gasteiger partial charge < -0.3 is 13.9 Å². The van der Waals surface area contributed by atoms with Crippen LogP contribution in [0.4, 0.5) is 0 Å². The number of fused-ring (bicyclic) bond motifs is 5. The molecule has 3 saturated carbocycles. The summed E-state index contributed by atoms with van der Waals surface area (Å²) in [5.74, 6) is 4.39. The summed E-state index contributed by atoms with van der Waals surface area (Å²) in [4.78, 5) is 12.6. The quantitative estimate of drug-likeness (QED) is 0.108. The zero-order valence-corrected chi connectivity index (χ0v) is 32.5. The van der Waals surface area contributed by atoms with E-state index in [0.29, 0.717) is 35.9 Å².